The second-order valence-electron chi connectivity index (χ2n) is 3.94. The monoisotopic (exact) mass is 216 g/mol. The van der Waals surface area contributed by atoms with Crippen LogP contribution in [0.4, 0.5) is 0 Å². The smallest absolute Gasteiger partial charge is 0.331 e. The summed E-state index contributed by atoms with van der Waals surface area (Å²) < 4.78 is 4.80. The first kappa shape index (κ1) is 14.4. The van der Waals surface area contributed by atoms with Gasteiger partial charge in [0, 0.05) is 0 Å². The van der Waals surface area contributed by atoms with E-state index >= 15 is 0 Å². The summed E-state index contributed by atoms with van der Waals surface area (Å²) in [5.41, 5.74) is 0. The summed E-state index contributed by atoms with van der Waals surface area (Å²) in [5, 5.41) is 8.43. The Morgan fingerprint density at radius 3 is 2.47 bits per heavy atom. The normalized spacial score (nSPS) is 12.5. The Labute approximate surface area is 92.8 Å². The highest BCUT2D eigenvalue weighted by molar-refractivity contribution is 5.70. The molecule has 0 rings (SSSR count). The maximum absolute atomic E-state index is 10.6. The highest BCUT2D eigenvalue weighted by Gasteiger charge is 2.06. The summed E-state index contributed by atoms with van der Waals surface area (Å²) in [5.74, 6) is 0.245. The first-order valence-corrected chi connectivity index (χ1v) is 6.01. The number of rotatable bonds is 9. The number of esters is 1. The van der Waals surface area contributed by atoms with Crippen molar-refractivity contribution in [1.29, 1.82) is 0 Å². The van der Waals surface area contributed by atoms with E-state index in [0.717, 1.165) is 18.8 Å². The molecule has 1 N–H and O–H groups in total. The molecule has 3 nitrogen and oxygen atoms in total. The molecule has 0 heterocycles. The molecule has 0 aromatic heterocycles. The van der Waals surface area contributed by atoms with Crippen molar-refractivity contribution in [3.63, 3.8) is 0 Å². The van der Waals surface area contributed by atoms with Crippen molar-refractivity contribution in [3.8, 4) is 0 Å². The highest BCUT2D eigenvalue weighted by Crippen LogP contribution is 2.18. The van der Waals surface area contributed by atoms with Crippen LogP contribution in [0.2, 0.25) is 0 Å². The van der Waals surface area contributed by atoms with Crippen LogP contribution in [-0.2, 0) is 9.53 Å². The highest BCUT2D eigenvalue weighted by atomic mass is 16.5. The van der Waals surface area contributed by atoms with E-state index in [0.29, 0.717) is 6.61 Å². The Morgan fingerprint density at radius 1 is 1.27 bits per heavy atom. The van der Waals surface area contributed by atoms with Crippen LogP contribution in [0.5, 0.6) is 0 Å². The minimum absolute atomic E-state index is 0.446. The van der Waals surface area contributed by atoms with E-state index < -0.39 is 12.6 Å². The van der Waals surface area contributed by atoms with Crippen LogP contribution in [-0.4, -0.2) is 24.3 Å². The van der Waals surface area contributed by atoms with Gasteiger partial charge in [0.15, 0.2) is 0 Å². The summed E-state index contributed by atoms with van der Waals surface area (Å²) in [6.45, 7) is 4.35. The fourth-order valence-corrected chi connectivity index (χ4v) is 1.65. The Balaban J connectivity index is 3.41. The number of carbonyl (C=O) groups excluding carboxylic acids is 1. The Kier molecular flexibility index (Phi) is 9.59. The van der Waals surface area contributed by atoms with Crippen LogP contribution in [0.1, 0.15) is 52.4 Å². The third-order valence-electron chi connectivity index (χ3n) is 2.69. The number of ether oxygens (including phenoxy) is 1. The molecule has 1 atom stereocenters. The number of hydrogen-bond donors (Lipinski definition) is 1. The number of aliphatic hydroxyl groups excluding tert-OH is 1. The molecular formula is C12H24O3. The van der Waals surface area contributed by atoms with Gasteiger partial charge in [-0.1, -0.05) is 39.5 Å². The molecule has 0 aliphatic rings. The minimum Gasteiger partial charge on any atom is -0.464 e. The van der Waals surface area contributed by atoms with Gasteiger partial charge in [-0.05, 0) is 18.8 Å². The van der Waals surface area contributed by atoms with Gasteiger partial charge in [-0.25, -0.2) is 4.79 Å². The first-order valence-electron chi connectivity index (χ1n) is 6.01. The van der Waals surface area contributed by atoms with Gasteiger partial charge in [0.25, 0.3) is 0 Å². The van der Waals surface area contributed by atoms with Crippen molar-refractivity contribution < 1.29 is 14.6 Å². The van der Waals surface area contributed by atoms with Crippen LogP contribution < -0.4 is 0 Å². The lowest BCUT2D eigenvalue weighted by atomic mass is 9.94. The standard InChI is InChI=1S/C12H24O3/c1-3-5-7-11(4-2)8-6-9-15-12(14)10-13/h11,13H,3-10H2,1-2H3. The van der Waals surface area contributed by atoms with E-state index in [1.807, 2.05) is 0 Å². The number of unbranched alkanes of at least 4 members (excludes halogenated alkanes) is 1. The summed E-state index contributed by atoms with van der Waals surface area (Å²) >= 11 is 0. The van der Waals surface area contributed by atoms with Gasteiger partial charge in [0.05, 0.1) is 6.61 Å². The van der Waals surface area contributed by atoms with Gasteiger partial charge in [-0.3, -0.25) is 0 Å². The molecule has 3 heteroatoms. The molecule has 0 aliphatic carbocycles. The topological polar surface area (TPSA) is 46.5 Å². The molecule has 0 saturated carbocycles. The fraction of sp³-hybridized carbons (Fsp3) is 0.917. The predicted octanol–water partition coefficient (Wildman–Crippen LogP) is 2.52. The maximum Gasteiger partial charge on any atom is 0.331 e. The summed E-state index contributed by atoms with van der Waals surface area (Å²) in [6, 6.07) is 0. The summed E-state index contributed by atoms with van der Waals surface area (Å²) in [7, 11) is 0. The maximum atomic E-state index is 10.6. The van der Waals surface area contributed by atoms with Crippen LogP contribution >= 0.6 is 0 Å². The zero-order valence-corrected chi connectivity index (χ0v) is 10.00. The van der Waals surface area contributed by atoms with Crippen molar-refractivity contribution in [3.05, 3.63) is 0 Å². The van der Waals surface area contributed by atoms with Gasteiger partial charge in [-0.15, -0.1) is 0 Å². The second-order valence-corrected chi connectivity index (χ2v) is 3.94. The Hall–Kier alpha value is -0.570. The molecule has 0 bridgehead atoms. The second kappa shape index (κ2) is 9.97. The molecule has 0 aliphatic heterocycles. The van der Waals surface area contributed by atoms with Crippen LogP contribution in [0.15, 0.2) is 0 Å². The zero-order valence-electron chi connectivity index (χ0n) is 10.00. The van der Waals surface area contributed by atoms with Gasteiger partial charge < -0.3 is 9.84 Å². The lowest BCUT2D eigenvalue weighted by Gasteiger charge is -2.13. The van der Waals surface area contributed by atoms with E-state index in [2.05, 4.69) is 13.8 Å². The Morgan fingerprint density at radius 2 is 1.93 bits per heavy atom. The average molecular weight is 216 g/mol. The minimum atomic E-state index is -0.517. The third-order valence-corrected chi connectivity index (χ3v) is 2.69. The van der Waals surface area contributed by atoms with Crippen LogP contribution in [0.25, 0.3) is 0 Å². The number of hydrogen-bond acceptors (Lipinski definition) is 3. The molecule has 0 saturated heterocycles. The summed E-state index contributed by atoms with van der Waals surface area (Å²) in [6.07, 6.45) is 7.04. The fourth-order valence-electron chi connectivity index (χ4n) is 1.65. The SMILES string of the molecule is CCCCC(CC)CCCOC(=O)CO. The van der Waals surface area contributed by atoms with Crippen molar-refractivity contribution in [1.82, 2.24) is 0 Å². The quantitative estimate of drug-likeness (QED) is 0.476. The van der Waals surface area contributed by atoms with Crippen LogP contribution in [0, 0.1) is 5.92 Å². The molecule has 1 unspecified atom stereocenters. The molecule has 0 aromatic carbocycles. The molecule has 15 heavy (non-hydrogen) atoms. The average Bonchev–Trinajstić information content (AvgIpc) is 2.27. The van der Waals surface area contributed by atoms with Crippen molar-refractivity contribution >= 4 is 5.97 Å². The van der Waals surface area contributed by atoms with Gasteiger partial charge >= 0.3 is 5.97 Å². The third kappa shape index (κ3) is 8.43. The predicted molar refractivity (Wildman–Crippen MR) is 60.6 cm³/mol. The van der Waals surface area contributed by atoms with E-state index in [1.165, 1.54) is 25.7 Å². The molecular weight excluding hydrogens is 192 g/mol. The Bertz CT molecular complexity index is 157. The van der Waals surface area contributed by atoms with E-state index in [-0.39, 0.29) is 0 Å². The van der Waals surface area contributed by atoms with Gasteiger partial charge in [-0.2, -0.15) is 0 Å². The van der Waals surface area contributed by atoms with Crippen LogP contribution in [0.3, 0.4) is 0 Å². The molecule has 0 amide bonds. The van der Waals surface area contributed by atoms with E-state index in [9.17, 15) is 4.79 Å². The number of aliphatic hydroxyl groups is 1. The molecule has 0 radical (unpaired) electrons. The van der Waals surface area contributed by atoms with Crippen molar-refractivity contribution in [2.45, 2.75) is 52.4 Å². The van der Waals surface area contributed by atoms with E-state index in [4.69, 9.17) is 9.84 Å². The molecule has 90 valence electrons. The van der Waals surface area contributed by atoms with Crippen molar-refractivity contribution in [2.75, 3.05) is 13.2 Å². The lowest BCUT2D eigenvalue weighted by molar-refractivity contribution is -0.147. The summed E-state index contributed by atoms with van der Waals surface area (Å²) in [4.78, 5) is 10.6. The van der Waals surface area contributed by atoms with Crippen molar-refractivity contribution in [2.24, 2.45) is 5.92 Å². The molecule has 0 spiro atoms. The number of carbonyl (C=O) groups is 1. The largest absolute Gasteiger partial charge is 0.464 e. The van der Waals surface area contributed by atoms with E-state index in [1.54, 1.807) is 0 Å². The van der Waals surface area contributed by atoms with Gasteiger partial charge in [0.1, 0.15) is 6.61 Å². The molecule has 0 aromatic rings. The lowest BCUT2D eigenvalue weighted by Crippen LogP contribution is -2.11. The zero-order chi connectivity index (χ0) is 11.5. The molecule has 0 fully saturated rings. The first-order chi connectivity index (χ1) is 7.24. The van der Waals surface area contributed by atoms with Gasteiger partial charge in [0.2, 0.25) is 0 Å².